The minimum absolute atomic E-state index is 0.293. The standard InChI is InChI=1S/C9H19N3O/c10-8-1-4-12(5-2-8)9-7-11-3-6-13-9/h8-9,11H,1-7,10H2. The average Bonchev–Trinajstić information content (AvgIpc) is 2.20. The maximum absolute atomic E-state index is 5.84. The van der Waals surface area contributed by atoms with E-state index in [9.17, 15) is 0 Å². The van der Waals surface area contributed by atoms with Gasteiger partial charge in [0.15, 0.2) is 0 Å². The molecule has 4 heteroatoms. The molecule has 3 N–H and O–H groups in total. The Morgan fingerprint density at radius 2 is 2.08 bits per heavy atom. The number of likely N-dealkylation sites (tertiary alicyclic amines) is 1. The summed E-state index contributed by atoms with van der Waals surface area (Å²) in [5.74, 6) is 0. The fourth-order valence-corrected chi connectivity index (χ4v) is 1.99. The van der Waals surface area contributed by atoms with Gasteiger partial charge >= 0.3 is 0 Å². The van der Waals surface area contributed by atoms with E-state index in [1.165, 1.54) is 0 Å². The monoisotopic (exact) mass is 185 g/mol. The molecule has 0 spiro atoms. The molecule has 1 atom stereocenters. The van der Waals surface area contributed by atoms with Gasteiger partial charge in [-0.3, -0.25) is 4.90 Å². The van der Waals surface area contributed by atoms with Crippen molar-refractivity contribution >= 4 is 0 Å². The maximum Gasteiger partial charge on any atom is 0.123 e. The highest BCUT2D eigenvalue weighted by molar-refractivity contribution is 4.78. The van der Waals surface area contributed by atoms with Gasteiger partial charge < -0.3 is 15.8 Å². The van der Waals surface area contributed by atoms with Gasteiger partial charge in [0.25, 0.3) is 0 Å². The maximum atomic E-state index is 5.84. The van der Waals surface area contributed by atoms with Crippen molar-refractivity contribution in [1.82, 2.24) is 10.2 Å². The largest absolute Gasteiger partial charge is 0.360 e. The van der Waals surface area contributed by atoms with Gasteiger partial charge in [-0.05, 0) is 12.8 Å². The van der Waals surface area contributed by atoms with Crippen LogP contribution in [0.25, 0.3) is 0 Å². The number of hydrogen-bond acceptors (Lipinski definition) is 4. The molecular weight excluding hydrogens is 166 g/mol. The van der Waals surface area contributed by atoms with Crippen LogP contribution in [0.1, 0.15) is 12.8 Å². The van der Waals surface area contributed by atoms with Crippen molar-refractivity contribution in [3.63, 3.8) is 0 Å². The lowest BCUT2D eigenvalue weighted by atomic mass is 10.1. The summed E-state index contributed by atoms with van der Waals surface area (Å²) in [4.78, 5) is 2.40. The van der Waals surface area contributed by atoms with Gasteiger partial charge in [0.2, 0.25) is 0 Å². The van der Waals surface area contributed by atoms with E-state index >= 15 is 0 Å². The summed E-state index contributed by atoms with van der Waals surface area (Å²) in [5, 5.41) is 3.35. The number of nitrogens with one attached hydrogen (secondary N) is 1. The van der Waals surface area contributed by atoms with Crippen molar-refractivity contribution in [3.8, 4) is 0 Å². The Labute approximate surface area is 79.4 Å². The highest BCUT2D eigenvalue weighted by Crippen LogP contribution is 2.13. The first-order valence-corrected chi connectivity index (χ1v) is 5.18. The van der Waals surface area contributed by atoms with Gasteiger partial charge in [-0.15, -0.1) is 0 Å². The molecule has 0 aliphatic carbocycles. The van der Waals surface area contributed by atoms with Gasteiger partial charge in [0.05, 0.1) is 6.61 Å². The van der Waals surface area contributed by atoms with Crippen molar-refractivity contribution in [2.24, 2.45) is 5.73 Å². The number of nitrogens with zero attached hydrogens (tertiary/aromatic N) is 1. The third kappa shape index (κ3) is 2.40. The first-order valence-electron chi connectivity index (χ1n) is 5.18. The minimum Gasteiger partial charge on any atom is -0.360 e. The first kappa shape index (κ1) is 9.40. The molecule has 0 radical (unpaired) electrons. The van der Waals surface area contributed by atoms with E-state index in [1.54, 1.807) is 0 Å². The summed E-state index contributed by atoms with van der Waals surface area (Å²) < 4.78 is 5.68. The van der Waals surface area contributed by atoms with Crippen molar-refractivity contribution in [1.29, 1.82) is 0 Å². The third-order valence-corrected chi connectivity index (χ3v) is 2.89. The Morgan fingerprint density at radius 1 is 1.31 bits per heavy atom. The highest BCUT2D eigenvalue weighted by atomic mass is 16.5. The molecule has 13 heavy (non-hydrogen) atoms. The normalized spacial score (nSPS) is 33.5. The third-order valence-electron chi connectivity index (χ3n) is 2.89. The van der Waals surface area contributed by atoms with Crippen LogP contribution >= 0.6 is 0 Å². The number of ether oxygens (including phenoxy) is 1. The lowest BCUT2D eigenvalue weighted by Gasteiger charge is -2.38. The van der Waals surface area contributed by atoms with Crippen molar-refractivity contribution in [2.75, 3.05) is 32.8 Å². The zero-order chi connectivity index (χ0) is 9.10. The van der Waals surface area contributed by atoms with Crippen molar-refractivity contribution < 1.29 is 4.74 Å². The molecular formula is C9H19N3O. The van der Waals surface area contributed by atoms with E-state index in [-0.39, 0.29) is 0 Å². The van der Waals surface area contributed by atoms with E-state index < -0.39 is 0 Å². The van der Waals surface area contributed by atoms with Crippen LogP contribution in [0, 0.1) is 0 Å². The summed E-state index contributed by atoms with van der Waals surface area (Å²) in [7, 11) is 0. The van der Waals surface area contributed by atoms with Crippen LogP contribution in [-0.4, -0.2) is 50.0 Å². The molecule has 4 nitrogen and oxygen atoms in total. The number of rotatable bonds is 1. The number of nitrogens with two attached hydrogens (primary N) is 1. The highest BCUT2D eigenvalue weighted by Gasteiger charge is 2.25. The molecule has 0 amide bonds. The zero-order valence-electron chi connectivity index (χ0n) is 8.04. The van der Waals surface area contributed by atoms with Crippen LogP contribution in [0.4, 0.5) is 0 Å². The second-order valence-corrected chi connectivity index (χ2v) is 3.90. The lowest BCUT2D eigenvalue weighted by molar-refractivity contribution is -0.0827. The first-order chi connectivity index (χ1) is 6.36. The quantitative estimate of drug-likeness (QED) is 0.570. The zero-order valence-corrected chi connectivity index (χ0v) is 8.04. The van der Waals surface area contributed by atoms with Gasteiger partial charge in [0.1, 0.15) is 6.23 Å². The van der Waals surface area contributed by atoms with E-state index in [4.69, 9.17) is 10.5 Å². The molecule has 2 fully saturated rings. The Morgan fingerprint density at radius 3 is 2.69 bits per heavy atom. The van der Waals surface area contributed by atoms with Crippen LogP contribution in [0.3, 0.4) is 0 Å². The molecule has 2 heterocycles. The van der Waals surface area contributed by atoms with Crippen molar-refractivity contribution in [3.05, 3.63) is 0 Å². The SMILES string of the molecule is NC1CCN(C2CNCCO2)CC1. The minimum atomic E-state index is 0.293. The molecule has 0 bridgehead atoms. The number of piperidine rings is 1. The Bertz CT molecular complexity index is 151. The predicted octanol–water partition coefficient (Wildman–Crippen LogP) is -0.645. The predicted molar refractivity (Wildman–Crippen MR) is 51.4 cm³/mol. The average molecular weight is 185 g/mol. The van der Waals surface area contributed by atoms with E-state index in [1.807, 2.05) is 0 Å². The van der Waals surface area contributed by atoms with Gasteiger partial charge in [-0.1, -0.05) is 0 Å². The summed E-state index contributed by atoms with van der Waals surface area (Å²) in [6.45, 7) is 4.98. The summed E-state index contributed by atoms with van der Waals surface area (Å²) in [6.07, 6.45) is 2.51. The number of hydrogen-bond donors (Lipinski definition) is 2. The molecule has 0 aromatic carbocycles. The van der Waals surface area contributed by atoms with Crippen LogP contribution in [0.2, 0.25) is 0 Å². The molecule has 0 aromatic heterocycles. The van der Waals surface area contributed by atoms with E-state index in [0.717, 1.165) is 45.6 Å². The Hall–Kier alpha value is -0.160. The van der Waals surface area contributed by atoms with Gasteiger partial charge in [0, 0.05) is 32.2 Å². The second kappa shape index (κ2) is 4.37. The fourth-order valence-electron chi connectivity index (χ4n) is 1.99. The van der Waals surface area contributed by atoms with Gasteiger partial charge in [-0.2, -0.15) is 0 Å². The molecule has 2 saturated heterocycles. The fraction of sp³-hybridized carbons (Fsp3) is 1.00. The summed E-state index contributed by atoms with van der Waals surface area (Å²) >= 11 is 0. The lowest BCUT2D eigenvalue weighted by Crippen LogP contribution is -2.53. The molecule has 2 aliphatic heterocycles. The van der Waals surface area contributed by atoms with E-state index in [0.29, 0.717) is 12.3 Å². The second-order valence-electron chi connectivity index (χ2n) is 3.90. The Balaban J connectivity index is 1.79. The smallest absolute Gasteiger partial charge is 0.123 e. The van der Waals surface area contributed by atoms with Gasteiger partial charge in [-0.25, -0.2) is 0 Å². The molecule has 2 rings (SSSR count). The van der Waals surface area contributed by atoms with Crippen LogP contribution in [0.5, 0.6) is 0 Å². The molecule has 0 saturated carbocycles. The summed E-state index contributed by atoms with van der Waals surface area (Å²) in [5.41, 5.74) is 5.84. The Kier molecular flexibility index (Phi) is 3.16. The molecule has 76 valence electrons. The van der Waals surface area contributed by atoms with Crippen LogP contribution in [-0.2, 0) is 4.74 Å². The van der Waals surface area contributed by atoms with Crippen molar-refractivity contribution in [2.45, 2.75) is 25.1 Å². The molecule has 0 aromatic rings. The topological polar surface area (TPSA) is 50.5 Å². The van der Waals surface area contributed by atoms with Crippen LogP contribution < -0.4 is 11.1 Å². The summed E-state index contributed by atoms with van der Waals surface area (Å²) in [6, 6.07) is 0.410. The van der Waals surface area contributed by atoms with E-state index in [2.05, 4.69) is 10.2 Å². The van der Waals surface area contributed by atoms with Crippen LogP contribution in [0.15, 0.2) is 0 Å². The molecule has 2 aliphatic rings. The molecule has 1 unspecified atom stereocenters. The number of morpholine rings is 1.